The topological polar surface area (TPSA) is 54.9 Å². The molecule has 0 spiro atoms. The largest absolute Gasteiger partial charge is 0.321 e. The molecule has 0 atom stereocenters. The molecule has 0 aliphatic carbocycles. The highest BCUT2D eigenvalue weighted by Gasteiger charge is 2.17. The maximum absolute atomic E-state index is 13.6. The molecule has 0 bridgehead atoms. The molecule has 0 unspecified atom stereocenters. The Morgan fingerprint density at radius 1 is 0.962 bits per heavy atom. The molecule has 4 nitrogen and oxygen atoms in total. The molecule has 26 heavy (non-hydrogen) atoms. The number of hydrogen-bond donors (Lipinski definition) is 1. The van der Waals surface area contributed by atoms with Crippen LogP contribution in [0.15, 0.2) is 42.6 Å². The molecule has 2 heterocycles. The quantitative estimate of drug-likeness (QED) is 0.749. The summed E-state index contributed by atoms with van der Waals surface area (Å²) < 4.78 is 27.2. The van der Waals surface area contributed by atoms with Gasteiger partial charge in [0.25, 0.3) is 5.91 Å². The predicted molar refractivity (Wildman–Crippen MR) is 96.0 cm³/mol. The highest BCUT2D eigenvalue weighted by molar-refractivity contribution is 6.04. The van der Waals surface area contributed by atoms with Crippen molar-refractivity contribution in [3.63, 3.8) is 0 Å². The second-order valence-corrected chi connectivity index (χ2v) is 6.08. The number of benzene rings is 1. The van der Waals surface area contributed by atoms with Gasteiger partial charge < -0.3 is 5.32 Å². The number of nitrogens with zero attached hydrogens (tertiary/aromatic N) is 2. The van der Waals surface area contributed by atoms with Crippen molar-refractivity contribution in [2.24, 2.45) is 0 Å². The van der Waals surface area contributed by atoms with Crippen LogP contribution in [0.25, 0.3) is 11.1 Å². The van der Waals surface area contributed by atoms with Crippen molar-refractivity contribution in [2.45, 2.75) is 20.8 Å². The van der Waals surface area contributed by atoms with Gasteiger partial charge in [0, 0.05) is 29.3 Å². The molecule has 1 N–H and O–H groups in total. The minimum atomic E-state index is -0.674. The number of rotatable bonds is 3. The molecule has 0 fully saturated rings. The summed E-state index contributed by atoms with van der Waals surface area (Å²) in [6, 6.07) is 8.41. The van der Waals surface area contributed by atoms with E-state index in [4.69, 9.17) is 0 Å². The summed E-state index contributed by atoms with van der Waals surface area (Å²) in [5, 5.41) is 2.78. The fraction of sp³-hybridized carbons (Fsp3) is 0.150. The first-order valence-corrected chi connectivity index (χ1v) is 8.02. The number of anilines is 1. The molecule has 0 aliphatic heterocycles. The van der Waals surface area contributed by atoms with Crippen molar-refractivity contribution >= 4 is 11.6 Å². The zero-order chi connectivity index (χ0) is 18.8. The Hall–Kier alpha value is -3.15. The molecule has 132 valence electrons. The number of nitrogens with one attached hydrogen (secondary N) is 1. The van der Waals surface area contributed by atoms with Crippen LogP contribution in [-0.4, -0.2) is 15.9 Å². The summed E-state index contributed by atoms with van der Waals surface area (Å²) in [5.74, 6) is -1.74. The predicted octanol–water partition coefficient (Wildman–Crippen LogP) is 4.60. The molecule has 0 saturated heterocycles. The Balaban J connectivity index is 2.03. The number of pyridine rings is 2. The van der Waals surface area contributed by atoms with E-state index in [-0.39, 0.29) is 5.69 Å². The second kappa shape index (κ2) is 7.00. The summed E-state index contributed by atoms with van der Waals surface area (Å²) in [6.07, 6.45) is 1.60. The Labute approximate surface area is 149 Å². The lowest BCUT2D eigenvalue weighted by atomic mass is 9.98. The normalized spacial score (nSPS) is 10.7. The van der Waals surface area contributed by atoms with Gasteiger partial charge in [-0.15, -0.1) is 0 Å². The smallest absolute Gasteiger partial charge is 0.274 e. The average Bonchev–Trinajstić information content (AvgIpc) is 2.55. The molecule has 0 saturated carbocycles. The van der Waals surface area contributed by atoms with Crippen LogP contribution in [-0.2, 0) is 0 Å². The fourth-order valence-corrected chi connectivity index (χ4v) is 2.78. The standard InChI is InChI=1S/C20H17F2N3O/c1-11-6-17(4-5-23-11)25-20(26)19-13(3)18(7-12(2)24-19)14-8-15(21)10-16(22)9-14/h4-10H,1-3H3,(H,23,25,26). The van der Waals surface area contributed by atoms with Crippen LogP contribution in [0.3, 0.4) is 0 Å². The van der Waals surface area contributed by atoms with E-state index in [1.54, 1.807) is 38.2 Å². The van der Waals surface area contributed by atoms with Crippen molar-refractivity contribution in [1.29, 1.82) is 0 Å². The maximum Gasteiger partial charge on any atom is 0.274 e. The molecule has 0 aliphatic rings. The summed E-state index contributed by atoms with van der Waals surface area (Å²) in [6.45, 7) is 5.26. The van der Waals surface area contributed by atoms with Gasteiger partial charge in [-0.2, -0.15) is 0 Å². The third kappa shape index (κ3) is 3.74. The van der Waals surface area contributed by atoms with Crippen LogP contribution in [0.2, 0.25) is 0 Å². The van der Waals surface area contributed by atoms with Gasteiger partial charge in [-0.25, -0.2) is 13.8 Å². The van der Waals surface area contributed by atoms with Gasteiger partial charge >= 0.3 is 0 Å². The van der Waals surface area contributed by atoms with Gasteiger partial charge in [-0.1, -0.05) is 0 Å². The average molecular weight is 353 g/mol. The maximum atomic E-state index is 13.6. The van der Waals surface area contributed by atoms with Crippen LogP contribution >= 0.6 is 0 Å². The van der Waals surface area contributed by atoms with Crippen molar-refractivity contribution in [3.05, 3.63) is 76.9 Å². The zero-order valence-corrected chi connectivity index (χ0v) is 14.6. The van der Waals surface area contributed by atoms with E-state index in [0.717, 1.165) is 11.8 Å². The third-order valence-corrected chi connectivity index (χ3v) is 3.94. The number of carbonyl (C=O) groups excluding carboxylic acids is 1. The van der Waals surface area contributed by atoms with E-state index in [9.17, 15) is 13.6 Å². The first-order valence-electron chi connectivity index (χ1n) is 8.02. The van der Waals surface area contributed by atoms with E-state index in [1.165, 1.54) is 12.1 Å². The van der Waals surface area contributed by atoms with Crippen LogP contribution in [0.1, 0.15) is 27.4 Å². The first kappa shape index (κ1) is 17.7. The van der Waals surface area contributed by atoms with Gasteiger partial charge in [-0.05, 0) is 67.8 Å². The van der Waals surface area contributed by atoms with Crippen molar-refractivity contribution in [3.8, 4) is 11.1 Å². The van der Waals surface area contributed by atoms with Crippen molar-refractivity contribution in [2.75, 3.05) is 5.32 Å². The van der Waals surface area contributed by atoms with Gasteiger partial charge in [-0.3, -0.25) is 9.78 Å². The van der Waals surface area contributed by atoms with E-state index in [2.05, 4.69) is 15.3 Å². The molecular weight excluding hydrogens is 336 g/mol. The SMILES string of the molecule is Cc1cc(NC(=O)c2nc(C)cc(-c3cc(F)cc(F)c3)c2C)ccn1. The first-order chi connectivity index (χ1) is 12.3. The molecule has 1 amide bonds. The molecule has 1 aromatic carbocycles. The van der Waals surface area contributed by atoms with E-state index >= 15 is 0 Å². The van der Waals surface area contributed by atoms with Crippen LogP contribution in [0, 0.1) is 32.4 Å². The second-order valence-electron chi connectivity index (χ2n) is 6.08. The number of carbonyl (C=O) groups is 1. The number of halogens is 2. The highest BCUT2D eigenvalue weighted by Crippen LogP contribution is 2.28. The van der Waals surface area contributed by atoms with Crippen molar-refractivity contribution < 1.29 is 13.6 Å². The minimum absolute atomic E-state index is 0.208. The Morgan fingerprint density at radius 2 is 1.65 bits per heavy atom. The van der Waals surface area contributed by atoms with E-state index in [0.29, 0.717) is 28.1 Å². The number of aromatic nitrogens is 2. The van der Waals surface area contributed by atoms with Gasteiger partial charge in [0.05, 0.1) is 0 Å². The fourth-order valence-electron chi connectivity index (χ4n) is 2.78. The monoisotopic (exact) mass is 353 g/mol. The van der Waals surface area contributed by atoms with E-state index < -0.39 is 17.5 Å². The van der Waals surface area contributed by atoms with Gasteiger partial charge in [0.1, 0.15) is 17.3 Å². The third-order valence-electron chi connectivity index (χ3n) is 3.94. The molecule has 3 aromatic rings. The number of hydrogen-bond acceptors (Lipinski definition) is 3. The lowest BCUT2D eigenvalue weighted by molar-refractivity contribution is 0.102. The Bertz CT molecular complexity index is 982. The molecular formula is C20H17F2N3O. The van der Waals surface area contributed by atoms with Crippen LogP contribution in [0.4, 0.5) is 14.5 Å². The Kier molecular flexibility index (Phi) is 4.75. The van der Waals surface area contributed by atoms with Crippen LogP contribution in [0.5, 0.6) is 0 Å². The van der Waals surface area contributed by atoms with Gasteiger partial charge in [0.15, 0.2) is 0 Å². The van der Waals surface area contributed by atoms with Crippen LogP contribution < -0.4 is 5.32 Å². The summed E-state index contributed by atoms with van der Waals surface area (Å²) >= 11 is 0. The summed E-state index contributed by atoms with van der Waals surface area (Å²) in [7, 11) is 0. The lowest BCUT2D eigenvalue weighted by Gasteiger charge is -2.13. The Morgan fingerprint density at radius 3 is 2.31 bits per heavy atom. The van der Waals surface area contributed by atoms with E-state index in [1.807, 2.05) is 6.92 Å². The molecule has 0 radical (unpaired) electrons. The van der Waals surface area contributed by atoms with Gasteiger partial charge in [0.2, 0.25) is 0 Å². The molecule has 6 heteroatoms. The van der Waals surface area contributed by atoms with Crippen molar-refractivity contribution in [1.82, 2.24) is 9.97 Å². The molecule has 2 aromatic heterocycles. The summed E-state index contributed by atoms with van der Waals surface area (Å²) in [5.41, 5.74) is 3.62. The zero-order valence-electron chi connectivity index (χ0n) is 14.6. The lowest BCUT2D eigenvalue weighted by Crippen LogP contribution is -2.16. The minimum Gasteiger partial charge on any atom is -0.321 e. The number of amides is 1. The number of aryl methyl sites for hydroxylation is 2. The summed E-state index contributed by atoms with van der Waals surface area (Å²) in [4.78, 5) is 21.1. The highest BCUT2D eigenvalue weighted by atomic mass is 19.1. The molecule has 3 rings (SSSR count).